The molecule has 20 heavy (non-hydrogen) atoms. The van der Waals surface area contributed by atoms with Crippen LogP contribution in [0.2, 0.25) is 0 Å². The highest BCUT2D eigenvalue weighted by molar-refractivity contribution is 5.85. The molecule has 3 aliphatic rings. The minimum absolute atomic E-state index is 0. The summed E-state index contributed by atoms with van der Waals surface area (Å²) in [6, 6.07) is 0.615. The molecule has 0 spiro atoms. The summed E-state index contributed by atoms with van der Waals surface area (Å²) in [5.74, 6) is 3.23. The van der Waals surface area contributed by atoms with Gasteiger partial charge in [-0.3, -0.25) is 4.79 Å². The molecular weight excluding hydrogens is 272 g/mol. The maximum absolute atomic E-state index is 12.2. The van der Waals surface area contributed by atoms with E-state index in [0.29, 0.717) is 18.4 Å². The van der Waals surface area contributed by atoms with Crippen LogP contribution in [-0.4, -0.2) is 18.0 Å². The van der Waals surface area contributed by atoms with Gasteiger partial charge in [0.1, 0.15) is 0 Å². The highest BCUT2D eigenvalue weighted by atomic mass is 35.5. The Balaban J connectivity index is 0.00000147. The number of fused-ring (bicyclic) bond motifs is 2. The summed E-state index contributed by atoms with van der Waals surface area (Å²) in [5.41, 5.74) is 6.05. The van der Waals surface area contributed by atoms with Crippen LogP contribution in [0, 0.1) is 23.7 Å². The Morgan fingerprint density at radius 2 is 2.05 bits per heavy atom. The van der Waals surface area contributed by atoms with Gasteiger partial charge in [0.05, 0.1) is 0 Å². The predicted octanol–water partition coefficient (Wildman–Crippen LogP) is 2.87. The first-order valence-electron chi connectivity index (χ1n) is 8.18. The van der Waals surface area contributed by atoms with Crippen LogP contribution in [0.5, 0.6) is 0 Å². The molecule has 2 bridgehead atoms. The molecule has 3 nitrogen and oxygen atoms in total. The number of halogens is 1. The van der Waals surface area contributed by atoms with Gasteiger partial charge in [0, 0.05) is 18.5 Å². The highest BCUT2D eigenvalue weighted by Crippen LogP contribution is 2.49. The van der Waals surface area contributed by atoms with E-state index in [4.69, 9.17) is 5.73 Å². The molecule has 6 atom stereocenters. The van der Waals surface area contributed by atoms with E-state index in [0.717, 1.165) is 30.6 Å². The fraction of sp³-hybridized carbons (Fsp3) is 0.938. The zero-order valence-electron chi connectivity index (χ0n) is 12.5. The summed E-state index contributed by atoms with van der Waals surface area (Å²) >= 11 is 0. The molecule has 0 aliphatic heterocycles. The Hall–Kier alpha value is -0.280. The summed E-state index contributed by atoms with van der Waals surface area (Å²) < 4.78 is 0. The van der Waals surface area contributed by atoms with Gasteiger partial charge < -0.3 is 11.1 Å². The van der Waals surface area contributed by atoms with Crippen LogP contribution < -0.4 is 11.1 Å². The molecule has 3 fully saturated rings. The normalized spacial score (nSPS) is 40.4. The van der Waals surface area contributed by atoms with Gasteiger partial charge in [-0.1, -0.05) is 12.8 Å². The summed E-state index contributed by atoms with van der Waals surface area (Å²) in [4.78, 5) is 12.2. The molecule has 3 N–H and O–H groups in total. The van der Waals surface area contributed by atoms with Crippen LogP contribution in [0.3, 0.4) is 0 Å². The van der Waals surface area contributed by atoms with Crippen molar-refractivity contribution >= 4 is 18.3 Å². The van der Waals surface area contributed by atoms with Gasteiger partial charge in [0.25, 0.3) is 0 Å². The molecule has 0 aromatic heterocycles. The van der Waals surface area contributed by atoms with Crippen molar-refractivity contribution in [1.29, 1.82) is 0 Å². The quantitative estimate of drug-likeness (QED) is 0.839. The molecule has 3 saturated carbocycles. The smallest absolute Gasteiger partial charge is 0.220 e. The van der Waals surface area contributed by atoms with Gasteiger partial charge in [-0.15, -0.1) is 12.4 Å². The van der Waals surface area contributed by atoms with Gasteiger partial charge in [-0.05, 0) is 62.7 Å². The maximum Gasteiger partial charge on any atom is 0.220 e. The number of amides is 1. The highest BCUT2D eigenvalue weighted by Gasteiger charge is 2.42. The third-order valence-electron chi connectivity index (χ3n) is 5.99. The first-order valence-corrected chi connectivity index (χ1v) is 8.18. The van der Waals surface area contributed by atoms with Crippen molar-refractivity contribution in [3.8, 4) is 0 Å². The van der Waals surface area contributed by atoms with Crippen LogP contribution in [0.15, 0.2) is 0 Å². The SMILES string of the molecule is CC(NC(=O)C[C@@H]1CCC[C@H]1N)C1CC2CCC1C2.Cl. The van der Waals surface area contributed by atoms with E-state index in [2.05, 4.69) is 12.2 Å². The molecular formula is C16H29ClN2O. The molecule has 0 radical (unpaired) electrons. The van der Waals surface area contributed by atoms with Crippen molar-refractivity contribution in [3.63, 3.8) is 0 Å². The van der Waals surface area contributed by atoms with E-state index in [9.17, 15) is 4.79 Å². The second-order valence-corrected chi connectivity index (χ2v) is 7.25. The van der Waals surface area contributed by atoms with Crippen LogP contribution in [0.25, 0.3) is 0 Å². The fourth-order valence-electron chi connectivity index (χ4n) is 4.88. The Kier molecular flexibility index (Phi) is 5.36. The second kappa shape index (κ2) is 6.65. The molecule has 0 heterocycles. The summed E-state index contributed by atoms with van der Waals surface area (Å²) in [6.07, 6.45) is 9.65. The molecule has 3 rings (SSSR count). The number of hydrogen-bond acceptors (Lipinski definition) is 2. The van der Waals surface area contributed by atoms with Gasteiger partial charge in [-0.2, -0.15) is 0 Å². The lowest BCUT2D eigenvalue weighted by Gasteiger charge is -2.29. The van der Waals surface area contributed by atoms with Crippen molar-refractivity contribution in [3.05, 3.63) is 0 Å². The average molecular weight is 301 g/mol. The molecule has 0 saturated heterocycles. The first-order chi connectivity index (χ1) is 9.13. The number of nitrogens with two attached hydrogens (primary N) is 1. The van der Waals surface area contributed by atoms with Gasteiger partial charge >= 0.3 is 0 Å². The molecule has 0 aromatic rings. The Bertz CT molecular complexity index is 349. The first kappa shape index (κ1) is 16.1. The lowest BCUT2D eigenvalue weighted by atomic mass is 9.84. The topological polar surface area (TPSA) is 55.1 Å². The fourth-order valence-corrected chi connectivity index (χ4v) is 4.88. The van der Waals surface area contributed by atoms with Crippen LogP contribution in [0.1, 0.15) is 58.3 Å². The number of nitrogens with one attached hydrogen (secondary N) is 1. The minimum Gasteiger partial charge on any atom is -0.353 e. The van der Waals surface area contributed by atoms with Gasteiger partial charge in [0.2, 0.25) is 5.91 Å². The molecule has 116 valence electrons. The largest absolute Gasteiger partial charge is 0.353 e. The van der Waals surface area contributed by atoms with E-state index in [-0.39, 0.29) is 24.4 Å². The van der Waals surface area contributed by atoms with Crippen molar-refractivity contribution in [2.24, 2.45) is 29.4 Å². The molecule has 0 aromatic carbocycles. The van der Waals surface area contributed by atoms with E-state index >= 15 is 0 Å². The lowest BCUT2D eigenvalue weighted by Crippen LogP contribution is -2.41. The van der Waals surface area contributed by atoms with Crippen molar-refractivity contribution < 1.29 is 4.79 Å². The third kappa shape index (κ3) is 3.30. The zero-order chi connectivity index (χ0) is 13.4. The Morgan fingerprint density at radius 1 is 1.25 bits per heavy atom. The zero-order valence-corrected chi connectivity index (χ0v) is 13.3. The maximum atomic E-state index is 12.2. The summed E-state index contributed by atoms with van der Waals surface area (Å²) in [5, 5.41) is 3.26. The Labute approximate surface area is 128 Å². The molecule has 1 amide bonds. The van der Waals surface area contributed by atoms with Gasteiger partial charge in [0.15, 0.2) is 0 Å². The van der Waals surface area contributed by atoms with Crippen LogP contribution in [0.4, 0.5) is 0 Å². The monoisotopic (exact) mass is 300 g/mol. The van der Waals surface area contributed by atoms with E-state index < -0.39 is 0 Å². The minimum atomic E-state index is 0. The van der Waals surface area contributed by atoms with Crippen molar-refractivity contribution in [2.45, 2.75) is 70.4 Å². The Morgan fingerprint density at radius 3 is 2.60 bits per heavy atom. The van der Waals surface area contributed by atoms with E-state index in [1.165, 1.54) is 32.1 Å². The molecule has 4 unspecified atom stereocenters. The van der Waals surface area contributed by atoms with E-state index in [1.54, 1.807) is 0 Å². The molecule has 4 heteroatoms. The standard InChI is InChI=1S/C16H28N2O.ClH/c1-10(14-8-11-5-6-12(14)7-11)18-16(19)9-13-3-2-4-15(13)17;/h10-15H,2-9,17H2,1H3,(H,18,19);1H/t10?,11?,12?,13-,14?,15+;/m0./s1. The predicted molar refractivity (Wildman–Crippen MR) is 83.7 cm³/mol. The summed E-state index contributed by atoms with van der Waals surface area (Å²) in [6.45, 7) is 2.21. The lowest BCUT2D eigenvalue weighted by molar-refractivity contribution is -0.123. The molecule has 3 aliphatic carbocycles. The number of rotatable bonds is 4. The number of hydrogen-bond donors (Lipinski definition) is 2. The van der Waals surface area contributed by atoms with E-state index in [1.807, 2.05) is 0 Å². The number of carbonyl (C=O) groups excluding carboxylic acids is 1. The van der Waals surface area contributed by atoms with Crippen LogP contribution in [-0.2, 0) is 4.79 Å². The van der Waals surface area contributed by atoms with Crippen LogP contribution >= 0.6 is 12.4 Å². The third-order valence-corrected chi connectivity index (χ3v) is 5.99. The second-order valence-electron chi connectivity index (χ2n) is 7.25. The van der Waals surface area contributed by atoms with Crippen molar-refractivity contribution in [1.82, 2.24) is 5.32 Å². The number of carbonyl (C=O) groups is 1. The average Bonchev–Trinajstić information content (AvgIpc) is 3.06. The van der Waals surface area contributed by atoms with Gasteiger partial charge in [-0.25, -0.2) is 0 Å². The van der Waals surface area contributed by atoms with Crippen molar-refractivity contribution in [2.75, 3.05) is 0 Å². The summed E-state index contributed by atoms with van der Waals surface area (Å²) in [7, 11) is 0.